The number of aromatic nitrogens is 3. The highest BCUT2D eigenvalue weighted by molar-refractivity contribution is 6.28. The Morgan fingerprint density at radius 3 is 3.11 bits per heavy atom. The van der Waals surface area contributed by atoms with Gasteiger partial charge in [-0.1, -0.05) is 0 Å². The summed E-state index contributed by atoms with van der Waals surface area (Å²) in [5.41, 5.74) is 1.19. The Bertz CT molecular complexity index is 669. The second-order valence-electron chi connectivity index (χ2n) is 4.51. The van der Waals surface area contributed by atoms with Gasteiger partial charge in [0.2, 0.25) is 5.28 Å². The molecule has 6 nitrogen and oxygen atoms in total. The zero-order valence-corrected chi connectivity index (χ0v) is 11.1. The van der Waals surface area contributed by atoms with E-state index in [9.17, 15) is 5.26 Å². The third kappa shape index (κ3) is 2.11. The highest BCUT2D eigenvalue weighted by Gasteiger charge is 2.20. The van der Waals surface area contributed by atoms with Gasteiger partial charge in [0.05, 0.1) is 23.6 Å². The predicted octanol–water partition coefficient (Wildman–Crippen LogP) is 1.69. The van der Waals surface area contributed by atoms with Gasteiger partial charge in [-0.15, -0.1) is 0 Å². The number of nitrogens with one attached hydrogen (secondary N) is 1. The number of hydrogen-bond donors (Lipinski definition) is 1. The molecular formula is C12H12ClN5O. The van der Waals surface area contributed by atoms with Gasteiger partial charge in [-0.2, -0.15) is 15.2 Å². The normalized spacial score (nSPS) is 18.7. The Morgan fingerprint density at radius 2 is 2.42 bits per heavy atom. The van der Waals surface area contributed by atoms with Crippen LogP contribution in [0.15, 0.2) is 6.20 Å². The fourth-order valence-electron chi connectivity index (χ4n) is 2.28. The molecule has 2 aromatic heterocycles. The lowest BCUT2D eigenvalue weighted by Crippen LogP contribution is -2.20. The Hall–Kier alpha value is -1.84. The van der Waals surface area contributed by atoms with Gasteiger partial charge in [-0.05, 0) is 18.0 Å². The number of halogens is 1. The van der Waals surface area contributed by atoms with E-state index in [-0.39, 0.29) is 11.3 Å². The van der Waals surface area contributed by atoms with Crippen LogP contribution in [0.25, 0.3) is 11.0 Å². The molecule has 1 fully saturated rings. The predicted molar refractivity (Wildman–Crippen MR) is 71.1 cm³/mol. The highest BCUT2D eigenvalue weighted by atomic mass is 35.5. The van der Waals surface area contributed by atoms with Crippen LogP contribution in [0.4, 0.5) is 5.82 Å². The maximum absolute atomic E-state index is 9.20. The molecule has 0 unspecified atom stereocenters. The number of rotatable bonds is 2. The van der Waals surface area contributed by atoms with Crippen molar-refractivity contribution in [3.05, 3.63) is 17.0 Å². The summed E-state index contributed by atoms with van der Waals surface area (Å²) < 4.78 is 7.10. The molecule has 1 aliphatic rings. The molecule has 1 N–H and O–H groups in total. The minimum absolute atomic E-state index is 0.166. The molecule has 1 saturated heterocycles. The van der Waals surface area contributed by atoms with E-state index in [1.165, 1.54) is 0 Å². The summed E-state index contributed by atoms with van der Waals surface area (Å²) in [6, 6.07) is 2.36. The minimum Gasteiger partial charge on any atom is -0.379 e. The summed E-state index contributed by atoms with van der Waals surface area (Å²) in [4.78, 5) is 8.38. The van der Waals surface area contributed by atoms with Crippen LogP contribution in [0.5, 0.6) is 0 Å². The van der Waals surface area contributed by atoms with E-state index in [2.05, 4.69) is 21.4 Å². The lowest BCUT2D eigenvalue weighted by molar-refractivity contribution is 0.195. The van der Waals surface area contributed by atoms with Crippen molar-refractivity contribution in [2.24, 2.45) is 7.05 Å². The standard InChI is InChI=1S/C12H12ClN5O/c1-18-5-7(4-14)9-10(15-8-2-3-19-6-8)16-12(13)17-11(9)18/h5,8H,2-3,6H2,1H3,(H,15,16,17)/t8-/m1/s1. The van der Waals surface area contributed by atoms with Gasteiger partial charge in [-0.25, -0.2) is 0 Å². The number of hydrogen-bond acceptors (Lipinski definition) is 5. The first-order valence-electron chi connectivity index (χ1n) is 5.96. The number of nitriles is 1. The minimum atomic E-state index is 0.166. The molecular weight excluding hydrogens is 266 g/mol. The van der Waals surface area contributed by atoms with Gasteiger partial charge in [0, 0.05) is 19.9 Å². The van der Waals surface area contributed by atoms with Crippen molar-refractivity contribution in [3.8, 4) is 6.07 Å². The zero-order chi connectivity index (χ0) is 13.4. The van der Waals surface area contributed by atoms with E-state index in [0.717, 1.165) is 13.0 Å². The topological polar surface area (TPSA) is 75.8 Å². The van der Waals surface area contributed by atoms with Gasteiger partial charge in [0.15, 0.2) is 0 Å². The zero-order valence-electron chi connectivity index (χ0n) is 10.4. The van der Waals surface area contributed by atoms with Crippen LogP contribution in [0, 0.1) is 11.3 Å². The number of fused-ring (bicyclic) bond motifs is 1. The van der Waals surface area contributed by atoms with E-state index >= 15 is 0 Å². The van der Waals surface area contributed by atoms with Gasteiger partial charge >= 0.3 is 0 Å². The lowest BCUT2D eigenvalue weighted by Gasteiger charge is -2.12. The van der Waals surface area contributed by atoms with E-state index in [0.29, 0.717) is 29.0 Å². The molecule has 2 aromatic rings. The van der Waals surface area contributed by atoms with E-state index in [1.807, 2.05) is 7.05 Å². The van der Waals surface area contributed by atoms with Crippen molar-refractivity contribution in [3.63, 3.8) is 0 Å². The summed E-state index contributed by atoms with van der Waals surface area (Å²) in [7, 11) is 1.83. The van der Waals surface area contributed by atoms with E-state index in [1.54, 1.807) is 10.8 Å². The second kappa shape index (κ2) is 4.68. The lowest BCUT2D eigenvalue weighted by atomic mass is 10.2. The van der Waals surface area contributed by atoms with Crippen LogP contribution in [0.3, 0.4) is 0 Å². The maximum Gasteiger partial charge on any atom is 0.226 e. The molecule has 0 saturated carbocycles. The summed E-state index contributed by atoms with van der Waals surface area (Å²) in [6.07, 6.45) is 2.64. The molecule has 98 valence electrons. The number of ether oxygens (including phenoxy) is 1. The van der Waals surface area contributed by atoms with Crippen molar-refractivity contribution in [1.29, 1.82) is 5.26 Å². The van der Waals surface area contributed by atoms with E-state index in [4.69, 9.17) is 16.3 Å². The van der Waals surface area contributed by atoms with Crippen LogP contribution in [0.1, 0.15) is 12.0 Å². The molecule has 1 atom stereocenters. The molecule has 3 heterocycles. The molecule has 19 heavy (non-hydrogen) atoms. The van der Waals surface area contributed by atoms with Crippen molar-refractivity contribution in [2.75, 3.05) is 18.5 Å². The molecule has 0 spiro atoms. The Morgan fingerprint density at radius 1 is 1.58 bits per heavy atom. The Balaban J connectivity index is 2.13. The average Bonchev–Trinajstić information content (AvgIpc) is 2.98. The molecule has 3 rings (SSSR count). The summed E-state index contributed by atoms with van der Waals surface area (Å²) in [5.74, 6) is 0.600. The Labute approximate surface area is 115 Å². The van der Waals surface area contributed by atoms with Crippen molar-refractivity contribution in [1.82, 2.24) is 14.5 Å². The van der Waals surface area contributed by atoms with E-state index < -0.39 is 0 Å². The van der Waals surface area contributed by atoms with Crippen LogP contribution in [-0.4, -0.2) is 33.8 Å². The average molecular weight is 278 g/mol. The van der Waals surface area contributed by atoms with Gasteiger partial charge < -0.3 is 14.6 Å². The van der Waals surface area contributed by atoms with Crippen molar-refractivity contribution >= 4 is 28.5 Å². The first-order chi connectivity index (χ1) is 9.19. The number of nitrogens with zero attached hydrogens (tertiary/aromatic N) is 4. The van der Waals surface area contributed by atoms with Gasteiger partial charge in [0.1, 0.15) is 17.5 Å². The fourth-order valence-corrected chi connectivity index (χ4v) is 2.44. The summed E-state index contributed by atoms with van der Waals surface area (Å²) >= 11 is 5.94. The molecule has 0 amide bonds. The van der Waals surface area contributed by atoms with Crippen LogP contribution >= 0.6 is 11.6 Å². The molecule has 0 bridgehead atoms. The third-order valence-electron chi connectivity index (χ3n) is 3.18. The van der Waals surface area contributed by atoms with Gasteiger partial charge in [-0.3, -0.25) is 0 Å². The summed E-state index contributed by atoms with van der Waals surface area (Å²) in [5, 5.41) is 13.4. The first-order valence-corrected chi connectivity index (χ1v) is 6.34. The smallest absolute Gasteiger partial charge is 0.226 e. The quantitative estimate of drug-likeness (QED) is 0.846. The van der Waals surface area contributed by atoms with Crippen molar-refractivity contribution in [2.45, 2.75) is 12.5 Å². The number of aryl methyl sites for hydroxylation is 1. The molecule has 0 aromatic carbocycles. The Kier molecular flexibility index (Phi) is 3.01. The second-order valence-corrected chi connectivity index (χ2v) is 4.85. The van der Waals surface area contributed by atoms with Crippen molar-refractivity contribution < 1.29 is 4.74 Å². The largest absolute Gasteiger partial charge is 0.379 e. The highest BCUT2D eigenvalue weighted by Crippen LogP contribution is 2.28. The molecule has 7 heteroatoms. The monoisotopic (exact) mass is 277 g/mol. The van der Waals surface area contributed by atoms with Crippen LogP contribution in [0.2, 0.25) is 5.28 Å². The number of anilines is 1. The third-order valence-corrected chi connectivity index (χ3v) is 3.35. The fraction of sp³-hybridized carbons (Fsp3) is 0.417. The maximum atomic E-state index is 9.20. The SMILES string of the molecule is Cn1cc(C#N)c2c(N[C@@H]3CCOC3)nc(Cl)nc21. The van der Waals surface area contributed by atoms with Crippen LogP contribution < -0.4 is 5.32 Å². The summed E-state index contributed by atoms with van der Waals surface area (Å²) in [6.45, 7) is 1.37. The first kappa shape index (κ1) is 12.2. The molecule has 0 radical (unpaired) electrons. The van der Waals surface area contributed by atoms with Crippen LogP contribution in [-0.2, 0) is 11.8 Å². The van der Waals surface area contributed by atoms with Gasteiger partial charge in [0.25, 0.3) is 0 Å². The molecule has 1 aliphatic heterocycles. The molecule has 0 aliphatic carbocycles.